The summed E-state index contributed by atoms with van der Waals surface area (Å²) in [5, 5.41) is 12.5. The van der Waals surface area contributed by atoms with Gasteiger partial charge in [0.25, 0.3) is 0 Å². The van der Waals surface area contributed by atoms with E-state index in [0.29, 0.717) is 0 Å². The first kappa shape index (κ1) is 34.8. The van der Waals surface area contributed by atoms with Crippen molar-refractivity contribution < 1.29 is 67.0 Å². The number of carbonyl (C=O) groups is 6. The maximum atomic E-state index is 13.8. The predicted octanol–water partition coefficient (Wildman–Crippen LogP) is 1.82. The lowest BCUT2D eigenvalue weighted by Crippen LogP contribution is -2.85. The van der Waals surface area contributed by atoms with Crippen molar-refractivity contribution in [2.75, 3.05) is 6.61 Å². The van der Waals surface area contributed by atoms with Gasteiger partial charge in [-0.05, 0) is 32.9 Å². The molecular formula is C32H40O14. The van der Waals surface area contributed by atoms with Gasteiger partial charge in [-0.1, -0.05) is 18.2 Å². The smallest absolute Gasteiger partial charge is 0.338 e. The average molecular weight is 649 g/mol. The molecule has 1 aromatic rings. The third kappa shape index (κ3) is 5.72. The standard InChI is InChI=1S/C32H40O14/c1-16(33)40-15-31-25(43-19(4)36)22(41-17(2)34)14-30(8,39)32(31)26(44-20(5)37)23(29(6,7)46-32)24(42-18(3)35)27(31)45-28(38)21-12-10-9-11-13-21/h9-13,22-27,39H,14-15H2,1-8H3/t22-,23+,24+,25-,26+,27+,30-,31-,32-/m0/s1. The molecule has 2 aliphatic carbocycles. The summed E-state index contributed by atoms with van der Waals surface area (Å²) in [6, 6.07) is 7.80. The molecule has 252 valence electrons. The van der Waals surface area contributed by atoms with Crippen molar-refractivity contribution >= 4 is 35.8 Å². The third-order valence-electron chi connectivity index (χ3n) is 9.01. The van der Waals surface area contributed by atoms with Gasteiger partial charge in [-0.25, -0.2) is 4.79 Å². The van der Waals surface area contributed by atoms with Crippen LogP contribution in [0.3, 0.4) is 0 Å². The topological polar surface area (TPSA) is 187 Å². The number of hydrogen-bond acceptors (Lipinski definition) is 14. The van der Waals surface area contributed by atoms with Crippen molar-refractivity contribution in [1.82, 2.24) is 0 Å². The highest BCUT2D eigenvalue weighted by atomic mass is 16.7. The lowest BCUT2D eigenvalue weighted by molar-refractivity contribution is -0.363. The quantitative estimate of drug-likeness (QED) is 0.318. The molecule has 4 rings (SSSR count). The largest absolute Gasteiger partial charge is 0.465 e. The third-order valence-corrected chi connectivity index (χ3v) is 9.01. The van der Waals surface area contributed by atoms with E-state index < -0.39 is 107 Å². The van der Waals surface area contributed by atoms with Gasteiger partial charge in [-0.15, -0.1) is 0 Å². The fourth-order valence-corrected chi connectivity index (χ4v) is 7.81. The van der Waals surface area contributed by atoms with Gasteiger partial charge in [-0.2, -0.15) is 0 Å². The van der Waals surface area contributed by atoms with Crippen LogP contribution in [-0.2, 0) is 57.1 Å². The summed E-state index contributed by atoms with van der Waals surface area (Å²) >= 11 is 0. The zero-order valence-corrected chi connectivity index (χ0v) is 27.0. The lowest BCUT2D eigenvalue weighted by atomic mass is 9.45. The molecule has 1 saturated heterocycles. The minimum Gasteiger partial charge on any atom is -0.465 e. The van der Waals surface area contributed by atoms with Gasteiger partial charge in [0.2, 0.25) is 0 Å². The summed E-state index contributed by atoms with van der Waals surface area (Å²) < 4.78 is 41.9. The van der Waals surface area contributed by atoms with E-state index in [1.807, 2.05) is 0 Å². The Balaban J connectivity index is 2.18. The Morgan fingerprint density at radius 1 is 0.739 bits per heavy atom. The normalized spacial score (nSPS) is 35.5. The molecule has 46 heavy (non-hydrogen) atoms. The van der Waals surface area contributed by atoms with Gasteiger partial charge in [-0.3, -0.25) is 24.0 Å². The maximum Gasteiger partial charge on any atom is 0.338 e. The Bertz CT molecular complexity index is 1400. The molecule has 0 unspecified atom stereocenters. The molecule has 1 spiro atoms. The van der Waals surface area contributed by atoms with Crippen LogP contribution in [0.1, 0.15) is 72.2 Å². The van der Waals surface area contributed by atoms with Gasteiger partial charge in [0, 0.05) is 41.0 Å². The van der Waals surface area contributed by atoms with Crippen LogP contribution in [0, 0.1) is 11.3 Å². The highest BCUT2D eigenvalue weighted by Gasteiger charge is 2.89. The van der Waals surface area contributed by atoms with E-state index in [9.17, 15) is 33.9 Å². The molecule has 1 aliphatic heterocycles. The molecule has 3 fully saturated rings. The molecule has 0 aromatic heterocycles. The lowest BCUT2D eigenvalue weighted by Gasteiger charge is -2.66. The molecule has 1 aromatic carbocycles. The number of ether oxygens (including phenoxy) is 7. The molecule has 0 amide bonds. The molecule has 1 N–H and O–H groups in total. The van der Waals surface area contributed by atoms with Crippen molar-refractivity contribution in [3.05, 3.63) is 35.9 Å². The number of aliphatic hydroxyl groups is 1. The minimum atomic E-state index is -2.25. The Morgan fingerprint density at radius 3 is 1.80 bits per heavy atom. The average Bonchev–Trinajstić information content (AvgIpc) is 3.12. The molecule has 3 aliphatic rings. The Morgan fingerprint density at radius 2 is 1.28 bits per heavy atom. The fourth-order valence-electron chi connectivity index (χ4n) is 7.81. The summed E-state index contributed by atoms with van der Waals surface area (Å²) in [7, 11) is 0. The van der Waals surface area contributed by atoms with Crippen LogP contribution >= 0.6 is 0 Å². The van der Waals surface area contributed by atoms with Gasteiger partial charge < -0.3 is 38.3 Å². The van der Waals surface area contributed by atoms with Gasteiger partial charge in [0.15, 0.2) is 17.8 Å². The molecule has 9 atom stereocenters. The molecule has 14 nitrogen and oxygen atoms in total. The summed E-state index contributed by atoms with van der Waals surface area (Å²) in [6.07, 6.45) is -8.28. The van der Waals surface area contributed by atoms with Crippen LogP contribution < -0.4 is 0 Å². The van der Waals surface area contributed by atoms with E-state index in [-0.39, 0.29) is 5.56 Å². The fraction of sp³-hybridized carbons (Fsp3) is 0.625. The number of fused-ring (bicyclic) bond motifs is 1. The zero-order valence-electron chi connectivity index (χ0n) is 27.0. The van der Waals surface area contributed by atoms with Crippen LogP contribution in [0.2, 0.25) is 0 Å². The first-order valence-corrected chi connectivity index (χ1v) is 14.8. The number of carbonyl (C=O) groups excluding carboxylic acids is 6. The summed E-state index contributed by atoms with van der Waals surface area (Å²) in [6.45, 7) is 9.26. The molecule has 14 heteroatoms. The van der Waals surface area contributed by atoms with E-state index in [1.54, 1.807) is 32.0 Å². The summed E-state index contributed by atoms with van der Waals surface area (Å²) in [5.41, 5.74) is -7.92. The Labute approximate surface area is 265 Å². The van der Waals surface area contributed by atoms with Gasteiger partial charge in [0.1, 0.15) is 30.3 Å². The van der Waals surface area contributed by atoms with Gasteiger partial charge >= 0.3 is 35.8 Å². The van der Waals surface area contributed by atoms with Crippen molar-refractivity contribution in [3.63, 3.8) is 0 Å². The van der Waals surface area contributed by atoms with Crippen molar-refractivity contribution in [2.45, 2.75) is 109 Å². The van der Waals surface area contributed by atoms with Crippen molar-refractivity contribution in [2.24, 2.45) is 11.3 Å². The van der Waals surface area contributed by atoms with Crippen molar-refractivity contribution in [3.8, 4) is 0 Å². The number of benzene rings is 1. The second kappa shape index (κ2) is 12.3. The number of rotatable bonds is 8. The van der Waals surface area contributed by atoms with Crippen LogP contribution in [-0.4, -0.2) is 94.9 Å². The van der Waals surface area contributed by atoms with Crippen LogP contribution in [0.15, 0.2) is 30.3 Å². The highest BCUT2D eigenvalue weighted by Crippen LogP contribution is 2.69. The molecule has 1 heterocycles. The van der Waals surface area contributed by atoms with E-state index in [1.165, 1.54) is 19.1 Å². The molecule has 2 saturated carbocycles. The minimum absolute atomic E-state index is 0.0820. The maximum absolute atomic E-state index is 13.8. The SMILES string of the molecule is CC(=O)OC[C@]12[C@H](OC(=O)c3ccccc3)[C@H](OC(C)=O)[C@@H]3[C@@H](OC(C)=O)[C@]1(OC3(C)C)[C@@](C)(O)C[C@H](OC(C)=O)[C@@H]2OC(C)=O. The second-order valence-corrected chi connectivity index (χ2v) is 12.7. The van der Waals surface area contributed by atoms with E-state index in [0.717, 1.165) is 34.6 Å². The Hall–Kier alpha value is -4.04. The molecule has 2 bridgehead atoms. The van der Waals surface area contributed by atoms with Gasteiger partial charge in [0.05, 0.1) is 22.7 Å². The van der Waals surface area contributed by atoms with Crippen LogP contribution in [0.4, 0.5) is 0 Å². The van der Waals surface area contributed by atoms with E-state index in [2.05, 4.69) is 0 Å². The summed E-state index contributed by atoms with van der Waals surface area (Å²) in [5.74, 6) is -6.19. The van der Waals surface area contributed by atoms with Crippen molar-refractivity contribution in [1.29, 1.82) is 0 Å². The molecular weight excluding hydrogens is 608 g/mol. The zero-order chi connectivity index (χ0) is 34.4. The monoisotopic (exact) mass is 648 g/mol. The molecule has 0 radical (unpaired) electrons. The van der Waals surface area contributed by atoms with E-state index >= 15 is 0 Å². The number of esters is 6. The highest BCUT2D eigenvalue weighted by molar-refractivity contribution is 5.89. The first-order chi connectivity index (χ1) is 21.3. The van der Waals surface area contributed by atoms with E-state index in [4.69, 9.17) is 33.2 Å². The predicted molar refractivity (Wildman–Crippen MR) is 154 cm³/mol. The summed E-state index contributed by atoms with van der Waals surface area (Å²) in [4.78, 5) is 77.1. The first-order valence-electron chi connectivity index (χ1n) is 14.8. The van der Waals surface area contributed by atoms with Crippen LogP contribution in [0.25, 0.3) is 0 Å². The van der Waals surface area contributed by atoms with Crippen LogP contribution in [0.5, 0.6) is 0 Å². The second-order valence-electron chi connectivity index (χ2n) is 12.7. The Kier molecular flexibility index (Phi) is 9.30. The number of hydrogen-bond donors (Lipinski definition) is 1.